The van der Waals surface area contributed by atoms with Crippen LogP contribution in [0.25, 0.3) is 0 Å². The van der Waals surface area contributed by atoms with Crippen molar-refractivity contribution in [2.75, 3.05) is 31.1 Å². The van der Waals surface area contributed by atoms with Gasteiger partial charge in [-0.2, -0.15) is 0 Å². The van der Waals surface area contributed by atoms with Gasteiger partial charge in [0.2, 0.25) is 5.91 Å². The number of benzene rings is 1. The van der Waals surface area contributed by atoms with Crippen LogP contribution in [0, 0.1) is 12.8 Å². The van der Waals surface area contributed by atoms with Crippen LogP contribution in [-0.2, 0) is 4.79 Å². The van der Waals surface area contributed by atoms with Crippen molar-refractivity contribution in [2.24, 2.45) is 5.92 Å². The number of carbonyl (C=O) groups is 2. The molecule has 6 heteroatoms. The second-order valence-corrected chi connectivity index (χ2v) is 7.56. The molecule has 3 rings (SSSR count). The Morgan fingerprint density at radius 1 is 1.00 bits per heavy atom. The molecule has 1 N–H and O–H groups in total. The fourth-order valence-electron chi connectivity index (χ4n) is 3.34. The molecule has 28 heavy (non-hydrogen) atoms. The molecule has 1 aliphatic heterocycles. The zero-order valence-electron chi connectivity index (χ0n) is 16.8. The van der Waals surface area contributed by atoms with Crippen LogP contribution >= 0.6 is 0 Å². The van der Waals surface area contributed by atoms with Crippen LogP contribution in [0.4, 0.5) is 5.82 Å². The van der Waals surface area contributed by atoms with Crippen molar-refractivity contribution in [1.82, 2.24) is 15.2 Å². The number of anilines is 1. The summed E-state index contributed by atoms with van der Waals surface area (Å²) >= 11 is 0. The first-order chi connectivity index (χ1) is 13.5. The van der Waals surface area contributed by atoms with Gasteiger partial charge in [-0.05, 0) is 37.1 Å². The SMILES string of the molecule is Cc1ccc(C(=O)N[C@H](C(=O)N2CCN(c3ccccn3)CC2)C(C)C)cc1. The summed E-state index contributed by atoms with van der Waals surface area (Å²) in [6.45, 7) is 8.62. The fraction of sp³-hybridized carbons (Fsp3) is 0.409. The van der Waals surface area contributed by atoms with Crippen LogP contribution in [0.1, 0.15) is 29.8 Å². The number of hydrogen-bond acceptors (Lipinski definition) is 4. The Labute approximate surface area is 166 Å². The van der Waals surface area contributed by atoms with E-state index in [2.05, 4.69) is 15.2 Å². The van der Waals surface area contributed by atoms with Gasteiger partial charge in [-0.25, -0.2) is 4.98 Å². The maximum atomic E-state index is 13.1. The van der Waals surface area contributed by atoms with E-state index >= 15 is 0 Å². The minimum absolute atomic E-state index is 0.00992. The molecule has 1 aromatic carbocycles. The van der Waals surface area contributed by atoms with Crippen molar-refractivity contribution in [3.8, 4) is 0 Å². The van der Waals surface area contributed by atoms with E-state index in [1.165, 1.54) is 0 Å². The van der Waals surface area contributed by atoms with Gasteiger partial charge in [0, 0.05) is 37.9 Å². The zero-order valence-corrected chi connectivity index (χ0v) is 16.8. The van der Waals surface area contributed by atoms with Crippen molar-refractivity contribution < 1.29 is 9.59 Å². The summed E-state index contributed by atoms with van der Waals surface area (Å²) in [5, 5.41) is 2.94. The molecule has 0 bridgehead atoms. The first kappa shape index (κ1) is 19.9. The van der Waals surface area contributed by atoms with E-state index in [1.54, 1.807) is 18.3 Å². The van der Waals surface area contributed by atoms with Gasteiger partial charge in [0.25, 0.3) is 5.91 Å². The maximum absolute atomic E-state index is 13.1. The van der Waals surface area contributed by atoms with Crippen molar-refractivity contribution in [3.05, 3.63) is 59.8 Å². The lowest BCUT2D eigenvalue weighted by atomic mass is 10.0. The fourth-order valence-corrected chi connectivity index (χ4v) is 3.34. The van der Waals surface area contributed by atoms with Gasteiger partial charge in [-0.15, -0.1) is 0 Å². The van der Waals surface area contributed by atoms with Crippen molar-refractivity contribution in [2.45, 2.75) is 26.8 Å². The van der Waals surface area contributed by atoms with Crippen molar-refractivity contribution in [3.63, 3.8) is 0 Å². The normalized spacial score (nSPS) is 15.4. The highest BCUT2D eigenvalue weighted by Crippen LogP contribution is 2.15. The molecule has 0 aliphatic carbocycles. The van der Waals surface area contributed by atoms with Gasteiger partial charge in [-0.3, -0.25) is 9.59 Å². The Bertz CT molecular complexity index is 797. The number of aryl methyl sites for hydroxylation is 1. The Kier molecular flexibility index (Phi) is 6.29. The average Bonchev–Trinajstić information content (AvgIpc) is 2.72. The molecule has 0 spiro atoms. The van der Waals surface area contributed by atoms with Crippen LogP contribution in [0.15, 0.2) is 48.7 Å². The van der Waals surface area contributed by atoms with E-state index in [-0.39, 0.29) is 17.7 Å². The lowest BCUT2D eigenvalue weighted by molar-refractivity contribution is -0.134. The summed E-state index contributed by atoms with van der Waals surface area (Å²) in [5.74, 6) is 0.716. The zero-order chi connectivity index (χ0) is 20.1. The Balaban J connectivity index is 1.62. The van der Waals surface area contributed by atoms with Crippen LogP contribution in [-0.4, -0.2) is 53.9 Å². The maximum Gasteiger partial charge on any atom is 0.251 e. The molecule has 6 nitrogen and oxygen atoms in total. The van der Waals surface area contributed by atoms with Gasteiger partial charge in [0.1, 0.15) is 11.9 Å². The smallest absolute Gasteiger partial charge is 0.251 e. The summed E-state index contributed by atoms with van der Waals surface area (Å²) in [6, 6.07) is 12.7. The lowest BCUT2D eigenvalue weighted by Crippen LogP contribution is -2.56. The van der Waals surface area contributed by atoms with Gasteiger partial charge < -0.3 is 15.1 Å². The number of amides is 2. The standard InChI is InChI=1S/C22H28N4O2/c1-16(2)20(24-21(27)18-9-7-17(3)8-10-18)22(28)26-14-12-25(13-15-26)19-6-4-5-11-23-19/h4-11,16,20H,12-15H2,1-3H3,(H,24,27)/t20-/m0/s1. The number of nitrogens with one attached hydrogen (secondary N) is 1. The monoisotopic (exact) mass is 380 g/mol. The molecule has 1 saturated heterocycles. The lowest BCUT2D eigenvalue weighted by Gasteiger charge is -2.37. The molecule has 2 heterocycles. The summed E-state index contributed by atoms with van der Waals surface area (Å²) in [4.78, 5) is 34.1. The number of rotatable bonds is 5. The molecule has 1 fully saturated rings. The van der Waals surface area contributed by atoms with Crippen molar-refractivity contribution >= 4 is 17.6 Å². The van der Waals surface area contributed by atoms with Gasteiger partial charge >= 0.3 is 0 Å². The number of aromatic nitrogens is 1. The van der Waals surface area contributed by atoms with Crippen molar-refractivity contribution in [1.29, 1.82) is 0 Å². The van der Waals surface area contributed by atoms with E-state index in [0.717, 1.165) is 24.5 Å². The molecule has 0 radical (unpaired) electrons. The predicted octanol–water partition coefficient (Wildman–Crippen LogP) is 2.49. The summed E-state index contributed by atoms with van der Waals surface area (Å²) < 4.78 is 0. The van der Waals surface area contributed by atoms with E-state index in [1.807, 2.05) is 56.0 Å². The Morgan fingerprint density at radius 3 is 2.25 bits per heavy atom. The quantitative estimate of drug-likeness (QED) is 0.866. The third kappa shape index (κ3) is 4.68. The minimum Gasteiger partial charge on any atom is -0.353 e. The molecule has 1 atom stereocenters. The molecule has 0 saturated carbocycles. The largest absolute Gasteiger partial charge is 0.353 e. The minimum atomic E-state index is -0.532. The van der Waals surface area contributed by atoms with Gasteiger partial charge in [-0.1, -0.05) is 37.6 Å². The van der Waals surface area contributed by atoms with Crippen LogP contribution in [0.5, 0.6) is 0 Å². The third-order valence-corrected chi connectivity index (χ3v) is 5.10. The summed E-state index contributed by atoms with van der Waals surface area (Å²) in [5.41, 5.74) is 1.67. The van der Waals surface area contributed by atoms with E-state index in [4.69, 9.17) is 0 Å². The molecule has 2 amide bonds. The van der Waals surface area contributed by atoms with E-state index in [9.17, 15) is 9.59 Å². The molecule has 2 aromatic rings. The van der Waals surface area contributed by atoms with Gasteiger partial charge in [0.15, 0.2) is 0 Å². The molecule has 148 valence electrons. The Hall–Kier alpha value is -2.89. The highest BCUT2D eigenvalue weighted by Gasteiger charge is 2.31. The number of hydrogen-bond donors (Lipinski definition) is 1. The Morgan fingerprint density at radius 2 is 1.68 bits per heavy atom. The average molecular weight is 380 g/mol. The molecular formula is C22H28N4O2. The second-order valence-electron chi connectivity index (χ2n) is 7.56. The number of piperazine rings is 1. The van der Waals surface area contributed by atoms with Crippen LogP contribution in [0.3, 0.4) is 0 Å². The second kappa shape index (κ2) is 8.87. The number of pyridine rings is 1. The third-order valence-electron chi connectivity index (χ3n) is 5.10. The predicted molar refractivity (Wildman–Crippen MR) is 110 cm³/mol. The highest BCUT2D eigenvalue weighted by molar-refractivity contribution is 5.97. The van der Waals surface area contributed by atoms with Gasteiger partial charge in [0.05, 0.1) is 0 Å². The van der Waals surface area contributed by atoms with Crippen LogP contribution in [0.2, 0.25) is 0 Å². The first-order valence-corrected chi connectivity index (χ1v) is 9.78. The number of carbonyl (C=O) groups excluding carboxylic acids is 2. The summed E-state index contributed by atoms with van der Waals surface area (Å²) in [6.07, 6.45) is 1.78. The summed E-state index contributed by atoms with van der Waals surface area (Å²) in [7, 11) is 0. The molecule has 0 unspecified atom stereocenters. The molecular weight excluding hydrogens is 352 g/mol. The van der Waals surface area contributed by atoms with E-state index < -0.39 is 6.04 Å². The molecule has 1 aliphatic rings. The van der Waals surface area contributed by atoms with Crippen LogP contribution < -0.4 is 10.2 Å². The topological polar surface area (TPSA) is 65.5 Å². The first-order valence-electron chi connectivity index (χ1n) is 9.78. The highest BCUT2D eigenvalue weighted by atomic mass is 16.2. The number of nitrogens with zero attached hydrogens (tertiary/aromatic N) is 3. The van der Waals surface area contributed by atoms with E-state index in [0.29, 0.717) is 18.7 Å². The molecule has 1 aromatic heterocycles.